The van der Waals surface area contributed by atoms with Gasteiger partial charge in [0.25, 0.3) is 0 Å². The van der Waals surface area contributed by atoms with Gasteiger partial charge >= 0.3 is 5.97 Å². The number of aliphatic carboxylic acids is 1. The van der Waals surface area contributed by atoms with Gasteiger partial charge < -0.3 is 14.7 Å². The first-order chi connectivity index (χ1) is 11.0. The Morgan fingerprint density at radius 2 is 2.00 bits per heavy atom. The maximum Gasteiger partial charge on any atom is 0.303 e. The Balaban J connectivity index is 2.03. The lowest BCUT2D eigenvalue weighted by Crippen LogP contribution is -2.39. The van der Waals surface area contributed by atoms with Crippen molar-refractivity contribution in [1.29, 1.82) is 0 Å². The lowest BCUT2D eigenvalue weighted by molar-refractivity contribution is -0.145. The normalized spacial score (nSPS) is 21.0. The van der Waals surface area contributed by atoms with E-state index in [1.54, 1.807) is 11.9 Å². The van der Waals surface area contributed by atoms with Crippen LogP contribution in [0, 0.1) is 12.8 Å². The molecule has 1 aromatic carbocycles. The summed E-state index contributed by atoms with van der Waals surface area (Å²) >= 11 is 0. The van der Waals surface area contributed by atoms with Crippen LogP contribution in [0.15, 0.2) is 24.3 Å². The van der Waals surface area contributed by atoms with Crippen molar-refractivity contribution in [3.05, 3.63) is 35.4 Å². The number of aryl methyl sites for hydroxylation is 1. The highest BCUT2D eigenvalue weighted by atomic mass is 16.5. The summed E-state index contributed by atoms with van der Waals surface area (Å²) in [6, 6.07) is 8.11. The Labute approximate surface area is 137 Å². The van der Waals surface area contributed by atoms with E-state index >= 15 is 0 Å². The van der Waals surface area contributed by atoms with Crippen molar-refractivity contribution in [3.8, 4) is 0 Å². The van der Waals surface area contributed by atoms with Crippen LogP contribution in [-0.2, 0) is 14.3 Å². The summed E-state index contributed by atoms with van der Waals surface area (Å²) in [6.07, 6.45) is 2.03. The van der Waals surface area contributed by atoms with Gasteiger partial charge in [0.05, 0.1) is 12.0 Å². The van der Waals surface area contributed by atoms with Crippen LogP contribution in [0.25, 0.3) is 0 Å². The molecule has 1 amide bonds. The number of benzene rings is 1. The number of carboxylic acids is 1. The first-order valence-corrected chi connectivity index (χ1v) is 8.14. The van der Waals surface area contributed by atoms with Crippen LogP contribution in [0.3, 0.4) is 0 Å². The molecule has 5 nitrogen and oxygen atoms in total. The van der Waals surface area contributed by atoms with Gasteiger partial charge in [-0.2, -0.15) is 0 Å². The average Bonchev–Trinajstić information content (AvgIpc) is 2.54. The van der Waals surface area contributed by atoms with Gasteiger partial charge in [-0.05, 0) is 31.7 Å². The molecule has 1 fully saturated rings. The number of nitrogens with zero attached hydrogens (tertiary/aromatic N) is 1. The molecule has 1 aromatic rings. The monoisotopic (exact) mass is 319 g/mol. The van der Waals surface area contributed by atoms with E-state index in [-0.39, 0.29) is 24.3 Å². The molecule has 126 valence electrons. The van der Waals surface area contributed by atoms with Gasteiger partial charge in [0, 0.05) is 26.6 Å². The Morgan fingerprint density at radius 1 is 1.30 bits per heavy atom. The number of ether oxygens (including phenoxy) is 1. The van der Waals surface area contributed by atoms with Gasteiger partial charge in [0.15, 0.2) is 0 Å². The molecule has 1 aliphatic rings. The van der Waals surface area contributed by atoms with Gasteiger partial charge in [-0.15, -0.1) is 0 Å². The third-order valence-corrected chi connectivity index (χ3v) is 4.31. The maximum atomic E-state index is 12.7. The lowest BCUT2D eigenvalue weighted by Gasteiger charge is -2.33. The predicted octanol–water partition coefficient (Wildman–Crippen LogP) is 2.79. The first kappa shape index (κ1) is 17.5. The van der Waals surface area contributed by atoms with Gasteiger partial charge in [-0.1, -0.05) is 29.8 Å². The summed E-state index contributed by atoms with van der Waals surface area (Å²) in [7, 11) is 1.74. The molecule has 1 saturated heterocycles. The molecule has 0 aromatic heterocycles. The van der Waals surface area contributed by atoms with Crippen molar-refractivity contribution in [3.63, 3.8) is 0 Å². The molecule has 0 aliphatic carbocycles. The van der Waals surface area contributed by atoms with E-state index in [1.165, 1.54) is 5.56 Å². The van der Waals surface area contributed by atoms with Crippen molar-refractivity contribution >= 4 is 11.9 Å². The molecule has 1 heterocycles. The highest BCUT2D eigenvalue weighted by Gasteiger charge is 2.34. The number of carbonyl (C=O) groups is 2. The van der Waals surface area contributed by atoms with Crippen LogP contribution in [0.2, 0.25) is 0 Å². The Hall–Kier alpha value is -1.88. The van der Waals surface area contributed by atoms with E-state index in [4.69, 9.17) is 9.84 Å². The van der Waals surface area contributed by atoms with Gasteiger partial charge in [-0.25, -0.2) is 0 Å². The Morgan fingerprint density at radius 3 is 2.65 bits per heavy atom. The van der Waals surface area contributed by atoms with Crippen LogP contribution in [0.4, 0.5) is 0 Å². The van der Waals surface area contributed by atoms with Gasteiger partial charge in [0.1, 0.15) is 0 Å². The summed E-state index contributed by atoms with van der Waals surface area (Å²) in [5.41, 5.74) is 2.21. The van der Waals surface area contributed by atoms with Crippen LogP contribution < -0.4 is 0 Å². The zero-order valence-electron chi connectivity index (χ0n) is 13.8. The minimum atomic E-state index is -0.829. The molecule has 2 atom stereocenters. The number of carboxylic acid groups (broad SMARTS) is 1. The second-order valence-corrected chi connectivity index (χ2v) is 6.21. The number of amides is 1. The van der Waals surface area contributed by atoms with Crippen molar-refractivity contribution in [1.82, 2.24) is 4.90 Å². The maximum absolute atomic E-state index is 12.7. The van der Waals surface area contributed by atoms with Crippen molar-refractivity contribution in [2.24, 2.45) is 5.92 Å². The minimum absolute atomic E-state index is 0.0423. The number of carbonyl (C=O) groups excluding carboxylic acids is 1. The van der Waals surface area contributed by atoms with Crippen molar-refractivity contribution in [2.75, 3.05) is 20.2 Å². The van der Waals surface area contributed by atoms with Gasteiger partial charge in [-0.3, -0.25) is 9.59 Å². The summed E-state index contributed by atoms with van der Waals surface area (Å²) < 4.78 is 5.89. The zero-order valence-corrected chi connectivity index (χ0v) is 13.8. The van der Waals surface area contributed by atoms with E-state index in [0.29, 0.717) is 19.6 Å². The van der Waals surface area contributed by atoms with Crippen molar-refractivity contribution < 1.29 is 19.4 Å². The summed E-state index contributed by atoms with van der Waals surface area (Å²) in [5.74, 6) is -0.980. The highest BCUT2D eigenvalue weighted by Crippen LogP contribution is 2.34. The van der Waals surface area contributed by atoms with Gasteiger partial charge in [0.2, 0.25) is 5.91 Å². The van der Waals surface area contributed by atoms with E-state index < -0.39 is 5.97 Å². The van der Waals surface area contributed by atoms with Crippen LogP contribution in [0.5, 0.6) is 0 Å². The molecule has 0 bridgehead atoms. The highest BCUT2D eigenvalue weighted by molar-refractivity contribution is 5.79. The van der Waals surface area contributed by atoms with E-state index in [0.717, 1.165) is 18.4 Å². The average molecular weight is 319 g/mol. The zero-order chi connectivity index (χ0) is 16.8. The molecule has 1 aliphatic heterocycles. The fourth-order valence-electron chi connectivity index (χ4n) is 2.98. The number of hydrogen-bond acceptors (Lipinski definition) is 3. The number of hydrogen-bond donors (Lipinski definition) is 1. The smallest absolute Gasteiger partial charge is 0.303 e. The van der Waals surface area contributed by atoms with E-state index in [9.17, 15) is 9.59 Å². The topological polar surface area (TPSA) is 66.8 Å². The molecule has 23 heavy (non-hydrogen) atoms. The molecule has 0 spiro atoms. The molecule has 0 saturated carbocycles. The number of rotatable bonds is 6. The SMILES string of the molecule is Cc1ccc([C@H]2OCCC[C@H]2C(=O)N(C)CCCC(=O)O)cc1. The lowest BCUT2D eigenvalue weighted by atomic mass is 9.88. The van der Waals surface area contributed by atoms with Crippen LogP contribution >= 0.6 is 0 Å². The standard InChI is InChI=1S/C18H25NO4/c1-13-7-9-14(10-8-13)17-15(5-4-12-23-17)18(22)19(2)11-3-6-16(20)21/h7-10,15,17H,3-6,11-12H2,1-2H3,(H,20,21)/t15-,17-/m1/s1. The fraction of sp³-hybridized carbons (Fsp3) is 0.556. The van der Waals surface area contributed by atoms with E-state index in [2.05, 4.69) is 0 Å². The molecule has 1 N–H and O–H groups in total. The second kappa shape index (κ2) is 8.11. The van der Waals surface area contributed by atoms with Crippen molar-refractivity contribution in [2.45, 2.75) is 38.7 Å². The summed E-state index contributed by atoms with van der Waals surface area (Å²) in [6.45, 7) is 3.16. The minimum Gasteiger partial charge on any atom is -0.481 e. The first-order valence-electron chi connectivity index (χ1n) is 8.14. The van der Waals surface area contributed by atoms with E-state index in [1.807, 2.05) is 31.2 Å². The summed E-state index contributed by atoms with van der Waals surface area (Å²) in [5, 5.41) is 8.70. The predicted molar refractivity (Wildman–Crippen MR) is 87.1 cm³/mol. The second-order valence-electron chi connectivity index (χ2n) is 6.21. The largest absolute Gasteiger partial charge is 0.481 e. The third kappa shape index (κ3) is 4.79. The summed E-state index contributed by atoms with van der Waals surface area (Å²) in [4.78, 5) is 25.0. The molecule has 0 unspecified atom stereocenters. The molecular weight excluding hydrogens is 294 g/mol. The van der Waals surface area contributed by atoms with Crippen LogP contribution in [0.1, 0.15) is 42.9 Å². The third-order valence-electron chi connectivity index (χ3n) is 4.31. The molecular formula is C18H25NO4. The molecule has 2 rings (SSSR count). The van der Waals surface area contributed by atoms with Crippen LogP contribution in [-0.4, -0.2) is 42.1 Å². The molecule has 5 heteroatoms. The fourth-order valence-corrected chi connectivity index (χ4v) is 2.98. The Kier molecular flexibility index (Phi) is 6.16. The quantitative estimate of drug-likeness (QED) is 0.875. The Bertz CT molecular complexity index is 540. The molecule has 0 radical (unpaired) electrons.